The number of hydrogen-bond acceptors (Lipinski definition) is 4. The first kappa shape index (κ1) is 16.6. The molecule has 1 aliphatic heterocycles. The quantitative estimate of drug-likeness (QED) is 0.800. The number of amides is 1. The van der Waals surface area contributed by atoms with E-state index in [4.69, 9.17) is 15.2 Å². The molecule has 20 heavy (non-hydrogen) atoms. The van der Waals surface area contributed by atoms with Crippen LogP contribution < -0.4 is 20.5 Å². The van der Waals surface area contributed by atoms with Gasteiger partial charge < -0.3 is 20.5 Å². The summed E-state index contributed by atoms with van der Waals surface area (Å²) < 4.78 is 10.8. The first-order valence-electron chi connectivity index (χ1n) is 6.52. The Hall–Kier alpha value is -1.46. The molecule has 0 fully saturated rings. The van der Waals surface area contributed by atoms with Crippen molar-refractivity contribution in [2.24, 2.45) is 11.7 Å². The van der Waals surface area contributed by atoms with E-state index in [1.807, 2.05) is 18.2 Å². The van der Waals surface area contributed by atoms with Gasteiger partial charge in [-0.3, -0.25) is 4.79 Å². The van der Waals surface area contributed by atoms with E-state index in [2.05, 4.69) is 5.32 Å². The summed E-state index contributed by atoms with van der Waals surface area (Å²) in [6.07, 6.45) is 1.48. The molecule has 6 heteroatoms. The monoisotopic (exact) mass is 300 g/mol. The van der Waals surface area contributed by atoms with Gasteiger partial charge in [0.1, 0.15) is 18.1 Å². The van der Waals surface area contributed by atoms with Crippen LogP contribution in [0, 0.1) is 5.92 Å². The number of halogens is 1. The van der Waals surface area contributed by atoms with Crippen LogP contribution >= 0.6 is 12.4 Å². The molecule has 0 spiro atoms. The normalized spacial score (nSPS) is 16.4. The summed E-state index contributed by atoms with van der Waals surface area (Å²) in [5, 5.41) is 2.88. The lowest BCUT2D eigenvalue weighted by atomic mass is 9.96. The second-order valence-corrected chi connectivity index (χ2v) is 4.62. The highest BCUT2D eigenvalue weighted by Gasteiger charge is 2.25. The van der Waals surface area contributed by atoms with Crippen molar-refractivity contribution < 1.29 is 14.3 Å². The Bertz CT molecular complexity index is 454. The van der Waals surface area contributed by atoms with Gasteiger partial charge in [0.05, 0.1) is 13.0 Å². The molecular formula is C14H21ClN2O3. The van der Waals surface area contributed by atoms with E-state index in [-0.39, 0.29) is 24.2 Å². The molecule has 1 heterocycles. The van der Waals surface area contributed by atoms with Crippen LogP contribution in [0.2, 0.25) is 0 Å². The number of fused-ring (bicyclic) bond motifs is 1. The molecule has 0 aromatic heterocycles. The Kier molecular flexibility index (Phi) is 6.61. The van der Waals surface area contributed by atoms with Crippen molar-refractivity contribution >= 4 is 18.3 Å². The van der Waals surface area contributed by atoms with E-state index in [0.29, 0.717) is 26.1 Å². The van der Waals surface area contributed by atoms with Crippen molar-refractivity contribution in [2.45, 2.75) is 12.8 Å². The summed E-state index contributed by atoms with van der Waals surface area (Å²) in [4.78, 5) is 12.0. The third kappa shape index (κ3) is 4.02. The van der Waals surface area contributed by atoms with Gasteiger partial charge in [-0.15, -0.1) is 12.4 Å². The molecule has 1 aliphatic rings. The van der Waals surface area contributed by atoms with Gasteiger partial charge in [-0.2, -0.15) is 0 Å². The lowest BCUT2D eigenvalue weighted by Gasteiger charge is -2.25. The molecule has 112 valence electrons. The van der Waals surface area contributed by atoms with Crippen LogP contribution in [0.1, 0.15) is 12.0 Å². The molecule has 0 saturated heterocycles. The predicted molar refractivity (Wildman–Crippen MR) is 79.6 cm³/mol. The first-order chi connectivity index (χ1) is 9.24. The Morgan fingerprint density at radius 1 is 1.55 bits per heavy atom. The number of nitrogens with one attached hydrogen (secondary N) is 1. The second-order valence-electron chi connectivity index (χ2n) is 4.62. The molecule has 1 unspecified atom stereocenters. The third-order valence-electron chi connectivity index (χ3n) is 3.22. The molecule has 1 aromatic rings. The lowest BCUT2D eigenvalue weighted by molar-refractivity contribution is -0.126. The van der Waals surface area contributed by atoms with Crippen LogP contribution in [0.5, 0.6) is 11.5 Å². The van der Waals surface area contributed by atoms with Gasteiger partial charge >= 0.3 is 0 Å². The Labute approximate surface area is 125 Å². The zero-order valence-corrected chi connectivity index (χ0v) is 12.4. The van der Waals surface area contributed by atoms with Crippen molar-refractivity contribution in [3.05, 3.63) is 23.8 Å². The summed E-state index contributed by atoms with van der Waals surface area (Å²) in [6.45, 7) is 1.63. The minimum Gasteiger partial charge on any atom is -0.497 e. The van der Waals surface area contributed by atoms with Gasteiger partial charge in [-0.25, -0.2) is 0 Å². The van der Waals surface area contributed by atoms with Crippen LogP contribution in [0.15, 0.2) is 18.2 Å². The van der Waals surface area contributed by atoms with Gasteiger partial charge in [0, 0.05) is 6.54 Å². The van der Waals surface area contributed by atoms with E-state index in [9.17, 15) is 4.79 Å². The number of methoxy groups -OCH3 is 1. The molecule has 5 nitrogen and oxygen atoms in total. The largest absolute Gasteiger partial charge is 0.497 e. The van der Waals surface area contributed by atoms with Gasteiger partial charge in [-0.1, -0.05) is 0 Å². The van der Waals surface area contributed by atoms with Crippen LogP contribution in [-0.4, -0.2) is 32.7 Å². The summed E-state index contributed by atoms with van der Waals surface area (Å²) in [5.74, 6) is 1.51. The highest BCUT2D eigenvalue weighted by molar-refractivity contribution is 5.85. The van der Waals surface area contributed by atoms with Crippen molar-refractivity contribution in [3.8, 4) is 11.5 Å². The predicted octanol–water partition coefficient (Wildman–Crippen LogP) is 1.13. The van der Waals surface area contributed by atoms with Gasteiger partial charge in [-0.05, 0) is 43.1 Å². The van der Waals surface area contributed by atoms with E-state index >= 15 is 0 Å². The smallest absolute Gasteiger partial charge is 0.226 e. The highest BCUT2D eigenvalue weighted by atomic mass is 35.5. The van der Waals surface area contributed by atoms with Crippen molar-refractivity contribution in [2.75, 3.05) is 26.8 Å². The minimum atomic E-state index is -0.141. The standard InChI is InChI=1S/C14H20N2O3.ClH/c1-18-12-3-4-13-10(8-12)7-11(9-19-13)14(17)16-6-2-5-15;/h3-4,8,11H,2,5-7,9,15H2,1H3,(H,16,17);1H. The van der Waals surface area contributed by atoms with Crippen molar-refractivity contribution in [3.63, 3.8) is 0 Å². The average molecular weight is 301 g/mol. The maximum atomic E-state index is 12.0. The summed E-state index contributed by atoms with van der Waals surface area (Å²) in [5.41, 5.74) is 6.42. The Morgan fingerprint density at radius 3 is 3.05 bits per heavy atom. The summed E-state index contributed by atoms with van der Waals surface area (Å²) in [7, 11) is 1.63. The van der Waals surface area contributed by atoms with Gasteiger partial charge in [0.2, 0.25) is 5.91 Å². The van der Waals surface area contributed by atoms with Gasteiger partial charge in [0.25, 0.3) is 0 Å². The van der Waals surface area contributed by atoms with Crippen LogP contribution in [0.4, 0.5) is 0 Å². The number of benzene rings is 1. The molecule has 1 aromatic carbocycles. The maximum Gasteiger partial charge on any atom is 0.226 e. The van der Waals surface area contributed by atoms with E-state index in [1.54, 1.807) is 7.11 Å². The van der Waals surface area contributed by atoms with Crippen LogP contribution in [0.3, 0.4) is 0 Å². The lowest BCUT2D eigenvalue weighted by Crippen LogP contribution is -2.38. The molecule has 0 radical (unpaired) electrons. The molecule has 0 aliphatic carbocycles. The second kappa shape index (κ2) is 7.97. The third-order valence-corrected chi connectivity index (χ3v) is 3.22. The number of ether oxygens (including phenoxy) is 2. The van der Waals surface area contributed by atoms with E-state index < -0.39 is 0 Å². The fraction of sp³-hybridized carbons (Fsp3) is 0.500. The molecular weight excluding hydrogens is 280 g/mol. The number of carbonyl (C=O) groups is 1. The first-order valence-corrected chi connectivity index (χ1v) is 6.52. The van der Waals surface area contributed by atoms with Gasteiger partial charge in [0.15, 0.2) is 0 Å². The van der Waals surface area contributed by atoms with E-state index in [1.165, 1.54) is 0 Å². The van der Waals surface area contributed by atoms with Crippen molar-refractivity contribution in [1.82, 2.24) is 5.32 Å². The van der Waals surface area contributed by atoms with Crippen LogP contribution in [0.25, 0.3) is 0 Å². The fourth-order valence-corrected chi connectivity index (χ4v) is 2.12. The molecule has 0 bridgehead atoms. The van der Waals surface area contributed by atoms with Crippen LogP contribution in [-0.2, 0) is 11.2 Å². The Balaban J connectivity index is 0.00000200. The topological polar surface area (TPSA) is 73.6 Å². The molecule has 1 amide bonds. The zero-order valence-electron chi connectivity index (χ0n) is 11.6. The molecule has 3 N–H and O–H groups in total. The average Bonchev–Trinajstić information content (AvgIpc) is 2.46. The maximum absolute atomic E-state index is 12.0. The number of carbonyl (C=O) groups excluding carboxylic acids is 1. The highest BCUT2D eigenvalue weighted by Crippen LogP contribution is 2.30. The fourth-order valence-electron chi connectivity index (χ4n) is 2.12. The molecule has 1 atom stereocenters. The summed E-state index contributed by atoms with van der Waals surface area (Å²) in [6, 6.07) is 5.67. The number of nitrogens with two attached hydrogens (primary N) is 1. The summed E-state index contributed by atoms with van der Waals surface area (Å²) >= 11 is 0. The SMILES string of the molecule is COc1ccc2c(c1)CC(C(=O)NCCCN)CO2.Cl. The number of hydrogen-bond donors (Lipinski definition) is 2. The zero-order chi connectivity index (χ0) is 13.7. The van der Waals surface area contributed by atoms with Crippen molar-refractivity contribution in [1.29, 1.82) is 0 Å². The minimum absolute atomic E-state index is 0. The Morgan fingerprint density at radius 2 is 2.35 bits per heavy atom. The van der Waals surface area contributed by atoms with E-state index in [0.717, 1.165) is 23.5 Å². The molecule has 0 saturated carbocycles. The molecule has 2 rings (SSSR count). The number of rotatable bonds is 5.